The summed E-state index contributed by atoms with van der Waals surface area (Å²) in [5.41, 5.74) is 0.383. The highest BCUT2D eigenvalue weighted by Gasteiger charge is 2.36. The quantitative estimate of drug-likeness (QED) is 0.706. The number of amides is 3. The number of imide groups is 1. The van der Waals surface area contributed by atoms with E-state index in [-0.39, 0.29) is 24.3 Å². The average Bonchev–Trinajstić information content (AvgIpc) is 2.68. The van der Waals surface area contributed by atoms with Crippen LogP contribution in [0.2, 0.25) is 0 Å². The van der Waals surface area contributed by atoms with E-state index < -0.39 is 29.5 Å². The van der Waals surface area contributed by atoms with Crippen LogP contribution < -0.4 is 10.6 Å². The maximum absolute atomic E-state index is 15.0. The van der Waals surface area contributed by atoms with Crippen molar-refractivity contribution in [3.05, 3.63) is 29.6 Å². The molecule has 2 saturated heterocycles. The Morgan fingerprint density at radius 3 is 2.61 bits per heavy atom. The van der Waals surface area contributed by atoms with Crippen LogP contribution in [0.5, 0.6) is 0 Å². The average molecular weight is 435 g/mol. The number of likely N-dealkylation sites (tertiary alicyclic amines) is 1. The highest BCUT2D eigenvalue weighted by atomic mass is 19.1. The summed E-state index contributed by atoms with van der Waals surface area (Å²) in [4.78, 5) is 37.2. The van der Waals surface area contributed by atoms with Gasteiger partial charge in [-0.1, -0.05) is 6.07 Å². The van der Waals surface area contributed by atoms with E-state index in [0.29, 0.717) is 37.2 Å². The normalized spacial score (nSPS) is 24.5. The fourth-order valence-corrected chi connectivity index (χ4v) is 3.95. The van der Waals surface area contributed by atoms with Gasteiger partial charge in [-0.3, -0.25) is 14.9 Å². The number of ether oxygens (including phenoxy) is 2. The molecule has 0 aliphatic carbocycles. The lowest BCUT2D eigenvalue weighted by Gasteiger charge is -2.38. The number of nitrogens with zero attached hydrogens (tertiary/aromatic N) is 1. The molecule has 1 aromatic carbocycles. The van der Waals surface area contributed by atoms with E-state index in [4.69, 9.17) is 9.47 Å². The maximum atomic E-state index is 15.0. The minimum Gasteiger partial charge on any atom is -0.444 e. The van der Waals surface area contributed by atoms with E-state index in [1.807, 2.05) is 20.8 Å². The van der Waals surface area contributed by atoms with Crippen LogP contribution in [0.3, 0.4) is 0 Å². The number of halogens is 1. The van der Waals surface area contributed by atoms with Gasteiger partial charge in [0.05, 0.1) is 12.6 Å². The molecule has 0 spiro atoms. The predicted molar refractivity (Wildman–Crippen MR) is 112 cm³/mol. The molecule has 0 radical (unpaired) electrons. The van der Waals surface area contributed by atoms with Gasteiger partial charge < -0.3 is 19.7 Å². The first-order valence-corrected chi connectivity index (χ1v) is 10.5. The second-order valence-corrected chi connectivity index (χ2v) is 8.98. The van der Waals surface area contributed by atoms with E-state index in [1.165, 1.54) is 6.07 Å². The van der Waals surface area contributed by atoms with Gasteiger partial charge in [-0.15, -0.1) is 0 Å². The first-order valence-electron chi connectivity index (χ1n) is 10.5. The van der Waals surface area contributed by atoms with Crippen molar-refractivity contribution in [1.82, 2.24) is 10.2 Å². The van der Waals surface area contributed by atoms with Crippen molar-refractivity contribution in [3.63, 3.8) is 0 Å². The molecular weight excluding hydrogens is 405 g/mol. The fraction of sp³-hybridized carbons (Fsp3) is 0.591. The molecule has 3 atom stereocenters. The Kier molecular flexibility index (Phi) is 6.83. The molecule has 3 amide bonds. The zero-order chi connectivity index (χ0) is 22.8. The summed E-state index contributed by atoms with van der Waals surface area (Å²) in [6, 6.07) is 4.18. The van der Waals surface area contributed by atoms with Gasteiger partial charge in [0.15, 0.2) is 0 Å². The lowest BCUT2D eigenvalue weighted by Crippen LogP contribution is -2.48. The van der Waals surface area contributed by atoms with Gasteiger partial charge in [0.2, 0.25) is 11.8 Å². The summed E-state index contributed by atoms with van der Waals surface area (Å²) in [6.07, 6.45) is 0.370. The maximum Gasteiger partial charge on any atom is 0.410 e. The molecule has 8 nitrogen and oxygen atoms in total. The fourth-order valence-electron chi connectivity index (χ4n) is 3.95. The van der Waals surface area contributed by atoms with Crippen molar-refractivity contribution in [1.29, 1.82) is 0 Å². The van der Waals surface area contributed by atoms with Crippen LogP contribution in [-0.2, 0) is 19.1 Å². The van der Waals surface area contributed by atoms with Gasteiger partial charge >= 0.3 is 6.09 Å². The SMILES string of the molecule is CO[C@H]1CN(C(=O)OC(C)(C)C)CC[C@@H]1c1ccc(N[C@@H]2CCC(=O)NC2=O)cc1F. The van der Waals surface area contributed by atoms with Crippen LogP contribution in [0.15, 0.2) is 18.2 Å². The lowest BCUT2D eigenvalue weighted by molar-refractivity contribution is -0.133. The topological polar surface area (TPSA) is 97.0 Å². The lowest BCUT2D eigenvalue weighted by atomic mass is 9.86. The second-order valence-electron chi connectivity index (χ2n) is 8.98. The predicted octanol–water partition coefficient (Wildman–Crippen LogP) is 2.78. The Balaban J connectivity index is 1.67. The number of carbonyl (C=O) groups excluding carboxylic acids is 3. The van der Waals surface area contributed by atoms with Gasteiger partial charge in [0.1, 0.15) is 17.5 Å². The van der Waals surface area contributed by atoms with Crippen LogP contribution in [0, 0.1) is 5.82 Å². The van der Waals surface area contributed by atoms with Crippen molar-refractivity contribution in [2.45, 2.75) is 63.7 Å². The van der Waals surface area contributed by atoms with Crippen LogP contribution in [0.1, 0.15) is 51.5 Å². The summed E-state index contributed by atoms with van der Waals surface area (Å²) >= 11 is 0. The molecule has 2 N–H and O–H groups in total. The number of piperidine rings is 2. The smallest absolute Gasteiger partial charge is 0.410 e. The number of rotatable bonds is 4. The third kappa shape index (κ3) is 5.72. The van der Waals surface area contributed by atoms with E-state index in [0.717, 1.165) is 0 Å². The van der Waals surface area contributed by atoms with E-state index in [9.17, 15) is 18.8 Å². The molecule has 2 fully saturated rings. The van der Waals surface area contributed by atoms with Crippen molar-refractivity contribution in [2.24, 2.45) is 0 Å². The molecule has 1 aromatic rings. The zero-order valence-electron chi connectivity index (χ0n) is 18.4. The summed E-state index contributed by atoms with van der Waals surface area (Å²) < 4.78 is 26.0. The van der Waals surface area contributed by atoms with Gasteiger partial charge in [-0.2, -0.15) is 0 Å². The molecule has 2 aliphatic rings. The highest BCUT2D eigenvalue weighted by Crippen LogP contribution is 2.33. The Morgan fingerprint density at radius 2 is 2.00 bits per heavy atom. The van der Waals surface area contributed by atoms with Gasteiger partial charge in [0.25, 0.3) is 0 Å². The number of nitrogens with one attached hydrogen (secondary N) is 2. The molecule has 170 valence electrons. The largest absolute Gasteiger partial charge is 0.444 e. The van der Waals surface area contributed by atoms with Crippen LogP contribution in [-0.4, -0.2) is 60.8 Å². The summed E-state index contributed by atoms with van der Waals surface area (Å²) in [6.45, 7) is 6.18. The number of hydrogen-bond acceptors (Lipinski definition) is 6. The molecule has 2 heterocycles. The minimum absolute atomic E-state index is 0.215. The second kappa shape index (κ2) is 9.21. The first-order chi connectivity index (χ1) is 14.6. The van der Waals surface area contributed by atoms with Crippen LogP contribution in [0.4, 0.5) is 14.9 Å². The third-order valence-electron chi connectivity index (χ3n) is 5.49. The molecular formula is C22H30FN3O5. The van der Waals surface area contributed by atoms with Crippen molar-refractivity contribution in [3.8, 4) is 0 Å². The van der Waals surface area contributed by atoms with Crippen molar-refractivity contribution in [2.75, 3.05) is 25.5 Å². The minimum atomic E-state index is -0.589. The van der Waals surface area contributed by atoms with Crippen LogP contribution in [0.25, 0.3) is 0 Å². The Bertz CT molecular complexity index is 854. The highest BCUT2D eigenvalue weighted by molar-refractivity contribution is 6.01. The zero-order valence-corrected chi connectivity index (χ0v) is 18.4. The Morgan fingerprint density at radius 1 is 1.26 bits per heavy atom. The van der Waals surface area contributed by atoms with Crippen molar-refractivity contribution >= 4 is 23.6 Å². The molecule has 0 unspecified atom stereocenters. The van der Waals surface area contributed by atoms with E-state index in [1.54, 1.807) is 24.1 Å². The first kappa shape index (κ1) is 23.0. The number of anilines is 1. The van der Waals surface area contributed by atoms with Gasteiger partial charge in [-0.05, 0) is 51.3 Å². The summed E-state index contributed by atoms with van der Waals surface area (Å²) in [5, 5.41) is 5.26. The molecule has 3 rings (SSSR count). The third-order valence-corrected chi connectivity index (χ3v) is 5.49. The number of carbonyl (C=O) groups is 3. The number of benzene rings is 1. The Hall–Kier alpha value is -2.68. The monoisotopic (exact) mass is 435 g/mol. The molecule has 0 bridgehead atoms. The van der Waals surface area contributed by atoms with E-state index in [2.05, 4.69) is 10.6 Å². The number of hydrogen-bond donors (Lipinski definition) is 2. The Labute approximate surface area is 181 Å². The molecule has 0 saturated carbocycles. The molecule has 0 aromatic heterocycles. The molecule has 31 heavy (non-hydrogen) atoms. The summed E-state index contributed by atoms with van der Waals surface area (Å²) in [7, 11) is 1.55. The van der Waals surface area contributed by atoms with Crippen LogP contribution >= 0.6 is 0 Å². The van der Waals surface area contributed by atoms with Crippen molar-refractivity contribution < 1.29 is 28.2 Å². The van der Waals surface area contributed by atoms with Gasteiger partial charge in [0, 0.05) is 31.7 Å². The van der Waals surface area contributed by atoms with E-state index >= 15 is 0 Å². The van der Waals surface area contributed by atoms with Gasteiger partial charge in [-0.25, -0.2) is 9.18 Å². The molecule has 9 heteroatoms. The number of methoxy groups -OCH3 is 1. The standard InChI is InChI=1S/C22H30FN3O5/c1-22(2,3)31-21(29)26-10-9-15(18(12-26)30-4)14-6-5-13(11-16(14)23)24-17-7-8-19(27)25-20(17)28/h5-6,11,15,17-18,24H,7-10,12H2,1-4H3,(H,25,27,28)/t15-,17-,18+/m1/s1. The molecule has 2 aliphatic heterocycles. The summed E-state index contributed by atoms with van der Waals surface area (Å²) in [5.74, 6) is -1.33.